The van der Waals surface area contributed by atoms with E-state index in [1.165, 1.54) is 12.1 Å². The van der Waals surface area contributed by atoms with Gasteiger partial charge in [-0.3, -0.25) is 23.9 Å². The zero-order valence-electron chi connectivity index (χ0n) is 27.9. The molecular weight excluding hydrogens is 589 g/mol. The predicted octanol–water partition coefficient (Wildman–Crippen LogP) is 4.08. The van der Waals surface area contributed by atoms with Crippen molar-refractivity contribution in [3.8, 4) is 0 Å². The van der Waals surface area contributed by atoms with Gasteiger partial charge in [0.05, 0.1) is 5.69 Å². The minimum absolute atomic E-state index is 0.0134. The van der Waals surface area contributed by atoms with Gasteiger partial charge in [-0.05, 0) is 63.4 Å². The molecule has 0 radical (unpaired) electrons. The molecule has 46 heavy (non-hydrogen) atoms. The van der Waals surface area contributed by atoms with E-state index < -0.39 is 35.6 Å². The molecule has 3 atom stereocenters. The number of piperazine rings is 1. The third-order valence-corrected chi connectivity index (χ3v) is 9.33. The van der Waals surface area contributed by atoms with E-state index in [2.05, 4.69) is 25.9 Å². The Labute approximate surface area is 271 Å². The maximum Gasteiger partial charge on any atom is 0.270 e. The van der Waals surface area contributed by atoms with Crippen LogP contribution in [0.25, 0.3) is 0 Å². The van der Waals surface area contributed by atoms with Crippen LogP contribution in [0.2, 0.25) is 0 Å². The standard InChI is InChI=1S/C34H50FN7O4/c1-6-29(43)38-30(34(46)41-19-17-40(5)18-20-41)23(4)25-13-14-27(26(35)21-25)37-33(45)31(24-11-9-7-8-10-12-24)39-32(44)28-15-16-36-42(28)22(2)3/h13-16,21-24,30-31H,6-12,17-20H2,1-5H3,(H,37,45)(H,38,43)(H,39,44). The summed E-state index contributed by atoms with van der Waals surface area (Å²) >= 11 is 0. The fourth-order valence-electron chi connectivity index (χ4n) is 6.38. The van der Waals surface area contributed by atoms with Crippen LogP contribution in [-0.2, 0) is 14.4 Å². The maximum atomic E-state index is 15.7. The predicted molar refractivity (Wildman–Crippen MR) is 175 cm³/mol. The highest BCUT2D eigenvalue weighted by atomic mass is 19.1. The molecule has 2 heterocycles. The lowest BCUT2D eigenvalue weighted by molar-refractivity contribution is -0.138. The number of anilines is 1. The number of hydrogen-bond acceptors (Lipinski definition) is 6. The molecule has 4 amide bonds. The van der Waals surface area contributed by atoms with Gasteiger partial charge in [0.1, 0.15) is 23.6 Å². The number of likely N-dealkylation sites (N-methyl/N-ethyl adjacent to an activating group) is 1. The van der Waals surface area contributed by atoms with E-state index in [9.17, 15) is 19.2 Å². The van der Waals surface area contributed by atoms with E-state index in [1.807, 2.05) is 20.9 Å². The second-order valence-corrected chi connectivity index (χ2v) is 13.0. The molecule has 4 rings (SSSR count). The van der Waals surface area contributed by atoms with Gasteiger partial charge in [-0.2, -0.15) is 5.10 Å². The molecule has 3 N–H and O–H groups in total. The first-order chi connectivity index (χ1) is 22.0. The first-order valence-corrected chi connectivity index (χ1v) is 16.7. The Morgan fingerprint density at radius 1 is 0.957 bits per heavy atom. The van der Waals surface area contributed by atoms with Crippen LogP contribution in [0.1, 0.15) is 101 Å². The number of nitrogens with zero attached hydrogens (tertiary/aromatic N) is 4. The fraction of sp³-hybridized carbons (Fsp3) is 0.618. The minimum atomic E-state index is -0.857. The summed E-state index contributed by atoms with van der Waals surface area (Å²) in [4.78, 5) is 57.0. The molecule has 1 aliphatic heterocycles. The van der Waals surface area contributed by atoms with Crippen molar-refractivity contribution in [2.45, 2.75) is 96.7 Å². The molecule has 2 aliphatic rings. The maximum absolute atomic E-state index is 15.7. The van der Waals surface area contributed by atoms with Crippen LogP contribution in [-0.4, -0.2) is 88.5 Å². The topological polar surface area (TPSA) is 129 Å². The molecule has 2 aromatic rings. The van der Waals surface area contributed by atoms with E-state index in [1.54, 1.807) is 41.8 Å². The van der Waals surface area contributed by atoms with Crippen LogP contribution < -0.4 is 16.0 Å². The van der Waals surface area contributed by atoms with Gasteiger partial charge in [0, 0.05) is 50.8 Å². The summed E-state index contributed by atoms with van der Waals surface area (Å²) in [6, 6.07) is 4.34. The monoisotopic (exact) mass is 639 g/mol. The zero-order chi connectivity index (χ0) is 33.4. The zero-order valence-corrected chi connectivity index (χ0v) is 27.9. The average Bonchev–Trinajstić information content (AvgIpc) is 3.40. The summed E-state index contributed by atoms with van der Waals surface area (Å²) < 4.78 is 17.3. The van der Waals surface area contributed by atoms with Gasteiger partial charge in [0.15, 0.2) is 0 Å². The Kier molecular flexibility index (Phi) is 12.3. The molecule has 3 unspecified atom stereocenters. The molecule has 11 nitrogen and oxygen atoms in total. The van der Waals surface area contributed by atoms with E-state index in [0.29, 0.717) is 24.3 Å². The normalized spacial score (nSPS) is 18.4. The summed E-state index contributed by atoms with van der Waals surface area (Å²) in [7, 11) is 2.00. The first-order valence-electron chi connectivity index (χ1n) is 16.7. The van der Waals surface area contributed by atoms with Crippen LogP contribution in [0.3, 0.4) is 0 Å². The number of amides is 4. The Morgan fingerprint density at radius 3 is 2.24 bits per heavy atom. The molecule has 1 aromatic heterocycles. The lowest BCUT2D eigenvalue weighted by atomic mass is 9.90. The Morgan fingerprint density at radius 2 is 1.63 bits per heavy atom. The summed E-state index contributed by atoms with van der Waals surface area (Å²) in [5, 5.41) is 12.8. The third kappa shape index (κ3) is 8.71. The summed E-state index contributed by atoms with van der Waals surface area (Å²) in [6.45, 7) is 9.95. The number of hydrogen-bond donors (Lipinski definition) is 3. The number of aromatic nitrogens is 2. The molecule has 252 valence electrons. The lowest BCUT2D eigenvalue weighted by Gasteiger charge is -2.36. The lowest BCUT2D eigenvalue weighted by Crippen LogP contribution is -2.55. The van der Waals surface area contributed by atoms with E-state index >= 15 is 4.39 Å². The molecule has 1 saturated carbocycles. The number of carbonyl (C=O) groups is 4. The highest BCUT2D eigenvalue weighted by Gasteiger charge is 2.34. The Balaban J connectivity index is 1.53. The first kappa shape index (κ1) is 35.1. The fourth-order valence-corrected chi connectivity index (χ4v) is 6.38. The van der Waals surface area contributed by atoms with E-state index in [-0.39, 0.29) is 35.9 Å². The summed E-state index contributed by atoms with van der Waals surface area (Å²) in [5.74, 6) is -2.60. The van der Waals surface area contributed by atoms with Gasteiger partial charge < -0.3 is 25.8 Å². The summed E-state index contributed by atoms with van der Waals surface area (Å²) in [6.07, 6.45) is 7.41. The molecule has 2 fully saturated rings. The Bertz CT molecular complexity index is 1360. The SMILES string of the molecule is CCC(=O)NC(C(=O)N1CCN(C)CC1)C(C)c1ccc(NC(=O)C(NC(=O)c2ccnn2C(C)C)C2CCCCCC2)c(F)c1. The highest BCUT2D eigenvalue weighted by molar-refractivity contribution is 6.00. The number of rotatable bonds is 11. The van der Waals surface area contributed by atoms with E-state index in [4.69, 9.17) is 0 Å². The smallest absolute Gasteiger partial charge is 0.270 e. The molecule has 1 aromatic carbocycles. The van der Waals surface area contributed by atoms with E-state index in [0.717, 1.165) is 51.6 Å². The average molecular weight is 640 g/mol. The van der Waals surface area contributed by atoms with Crippen LogP contribution in [0, 0.1) is 11.7 Å². The van der Waals surface area contributed by atoms with Crippen molar-refractivity contribution in [1.29, 1.82) is 0 Å². The Hall–Kier alpha value is -3.80. The van der Waals surface area contributed by atoms with Crippen molar-refractivity contribution in [3.63, 3.8) is 0 Å². The van der Waals surface area contributed by atoms with Crippen molar-refractivity contribution in [2.24, 2.45) is 5.92 Å². The van der Waals surface area contributed by atoms with Gasteiger partial charge in [-0.1, -0.05) is 45.6 Å². The van der Waals surface area contributed by atoms with Gasteiger partial charge in [0.25, 0.3) is 5.91 Å². The molecular formula is C34H50FN7O4. The number of halogens is 1. The molecule has 0 bridgehead atoms. The third-order valence-electron chi connectivity index (χ3n) is 9.33. The van der Waals surface area contributed by atoms with Crippen LogP contribution in [0.15, 0.2) is 30.5 Å². The summed E-state index contributed by atoms with van der Waals surface area (Å²) in [5.41, 5.74) is 0.873. The van der Waals surface area contributed by atoms with Crippen LogP contribution >= 0.6 is 0 Å². The van der Waals surface area contributed by atoms with Gasteiger partial charge in [-0.15, -0.1) is 0 Å². The minimum Gasteiger partial charge on any atom is -0.344 e. The molecule has 12 heteroatoms. The van der Waals surface area contributed by atoms with Crippen LogP contribution in [0.4, 0.5) is 10.1 Å². The van der Waals surface area contributed by atoms with Crippen molar-refractivity contribution < 1.29 is 23.6 Å². The van der Waals surface area contributed by atoms with Crippen molar-refractivity contribution in [3.05, 3.63) is 47.5 Å². The number of nitrogens with one attached hydrogen (secondary N) is 3. The second-order valence-electron chi connectivity index (χ2n) is 13.0. The largest absolute Gasteiger partial charge is 0.344 e. The van der Waals surface area contributed by atoms with Crippen LogP contribution in [0.5, 0.6) is 0 Å². The van der Waals surface area contributed by atoms with Gasteiger partial charge in [0.2, 0.25) is 17.7 Å². The van der Waals surface area contributed by atoms with Crippen molar-refractivity contribution in [2.75, 3.05) is 38.5 Å². The van der Waals surface area contributed by atoms with Gasteiger partial charge in [-0.25, -0.2) is 4.39 Å². The van der Waals surface area contributed by atoms with Crippen molar-refractivity contribution in [1.82, 2.24) is 30.2 Å². The number of benzene rings is 1. The molecule has 1 saturated heterocycles. The quantitative estimate of drug-likeness (QED) is 0.318. The molecule has 1 aliphatic carbocycles. The molecule has 0 spiro atoms. The highest BCUT2D eigenvalue weighted by Crippen LogP contribution is 2.29. The van der Waals surface area contributed by atoms with Crippen molar-refractivity contribution >= 4 is 29.3 Å². The van der Waals surface area contributed by atoms with Gasteiger partial charge >= 0.3 is 0 Å². The second kappa shape index (κ2) is 16.2. The number of carbonyl (C=O) groups excluding carboxylic acids is 4.